The molecule has 4 heteroatoms. The molecular weight excluding hydrogens is 212 g/mol. The van der Waals surface area contributed by atoms with Gasteiger partial charge >= 0.3 is 11.9 Å². The Kier molecular flexibility index (Phi) is 2.70. The Morgan fingerprint density at radius 3 is 3.00 bits per heavy atom. The lowest BCUT2D eigenvalue weighted by molar-refractivity contribution is -0.135. The topological polar surface area (TPSA) is 39.4 Å². The highest BCUT2D eigenvalue weighted by atomic mass is 79.9. The molecule has 0 aliphatic heterocycles. The molecule has 0 aliphatic carbocycles. The van der Waals surface area contributed by atoms with Crippen molar-refractivity contribution < 1.29 is 13.9 Å². The fourth-order valence-electron chi connectivity index (χ4n) is 0.528. The zero-order valence-corrected chi connectivity index (χ0v) is 7.55. The SMILES string of the molecule is CCC(=O)Oc1occc1Br. The van der Waals surface area contributed by atoms with Crippen LogP contribution in [0.3, 0.4) is 0 Å². The van der Waals surface area contributed by atoms with Gasteiger partial charge in [-0.1, -0.05) is 6.92 Å². The van der Waals surface area contributed by atoms with Gasteiger partial charge in [0.15, 0.2) is 0 Å². The molecular formula is C7H7BrO3. The molecule has 1 heterocycles. The number of carbonyl (C=O) groups is 1. The third-order valence-corrected chi connectivity index (χ3v) is 1.67. The second-order valence-corrected chi connectivity index (χ2v) is 2.74. The summed E-state index contributed by atoms with van der Waals surface area (Å²) in [6, 6.07) is 1.66. The smallest absolute Gasteiger partial charge is 0.313 e. The molecule has 1 aromatic heterocycles. The van der Waals surface area contributed by atoms with Crippen molar-refractivity contribution in [3.05, 3.63) is 16.8 Å². The molecule has 0 aliphatic rings. The molecule has 0 bridgehead atoms. The molecule has 0 N–H and O–H groups in total. The summed E-state index contributed by atoms with van der Waals surface area (Å²) in [5.41, 5.74) is 0. The van der Waals surface area contributed by atoms with Gasteiger partial charge in [0.2, 0.25) is 0 Å². The van der Waals surface area contributed by atoms with Crippen molar-refractivity contribution in [2.45, 2.75) is 13.3 Å². The van der Waals surface area contributed by atoms with Crippen LogP contribution in [0.4, 0.5) is 0 Å². The third kappa shape index (κ3) is 2.08. The van der Waals surface area contributed by atoms with Gasteiger partial charge in [-0.2, -0.15) is 0 Å². The highest BCUT2D eigenvalue weighted by Gasteiger charge is 2.08. The highest BCUT2D eigenvalue weighted by molar-refractivity contribution is 9.10. The van der Waals surface area contributed by atoms with Crippen LogP contribution in [0.25, 0.3) is 0 Å². The van der Waals surface area contributed by atoms with Gasteiger partial charge in [-0.05, 0) is 22.0 Å². The van der Waals surface area contributed by atoms with Gasteiger partial charge in [0.05, 0.1) is 6.26 Å². The van der Waals surface area contributed by atoms with Gasteiger partial charge in [0, 0.05) is 6.42 Å². The lowest BCUT2D eigenvalue weighted by Crippen LogP contribution is -2.04. The average Bonchev–Trinajstić information content (AvgIpc) is 2.37. The molecule has 0 amide bonds. The lowest BCUT2D eigenvalue weighted by Gasteiger charge is -1.96. The Morgan fingerprint density at radius 2 is 2.55 bits per heavy atom. The zero-order chi connectivity index (χ0) is 8.27. The number of carbonyl (C=O) groups excluding carboxylic acids is 1. The van der Waals surface area contributed by atoms with Gasteiger partial charge in [0.1, 0.15) is 4.47 Å². The van der Waals surface area contributed by atoms with E-state index in [0.717, 1.165) is 0 Å². The molecule has 1 rings (SSSR count). The van der Waals surface area contributed by atoms with Crippen molar-refractivity contribution in [1.82, 2.24) is 0 Å². The standard InChI is InChI=1S/C7H7BrO3/c1-2-6(9)11-7-5(8)3-4-10-7/h3-4H,2H2,1H3. The summed E-state index contributed by atoms with van der Waals surface area (Å²) < 4.78 is 10.3. The number of rotatable bonds is 2. The van der Waals surface area contributed by atoms with E-state index in [1.807, 2.05) is 0 Å². The van der Waals surface area contributed by atoms with E-state index >= 15 is 0 Å². The summed E-state index contributed by atoms with van der Waals surface area (Å²) in [6.45, 7) is 1.72. The summed E-state index contributed by atoms with van der Waals surface area (Å²) in [4.78, 5) is 10.7. The quantitative estimate of drug-likeness (QED) is 0.716. The van der Waals surface area contributed by atoms with Crippen molar-refractivity contribution in [3.8, 4) is 5.95 Å². The first-order valence-electron chi connectivity index (χ1n) is 3.17. The Morgan fingerprint density at radius 1 is 1.82 bits per heavy atom. The first kappa shape index (κ1) is 8.33. The van der Waals surface area contributed by atoms with Crippen LogP contribution in [0.2, 0.25) is 0 Å². The minimum Gasteiger partial charge on any atom is -0.433 e. The summed E-state index contributed by atoms with van der Waals surface area (Å²) in [7, 11) is 0. The maximum absolute atomic E-state index is 10.7. The number of ether oxygens (including phenoxy) is 1. The van der Waals surface area contributed by atoms with Crippen LogP contribution in [0.1, 0.15) is 13.3 Å². The number of hydrogen-bond acceptors (Lipinski definition) is 3. The molecule has 0 fully saturated rings. The van der Waals surface area contributed by atoms with Crippen molar-refractivity contribution in [2.24, 2.45) is 0 Å². The van der Waals surface area contributed by atoms with Crippen LogP contribution >= 0.6 is 15.9 Å². The van der Waals surface area contributed by atoms with E-state index in [1.165, 1.54) is 6.26 Å². The van der Waals surface area contributed by atoms with E-state index in [4.69, 9.17) is 9.15 Å². The molecule has 0 unspecified atom stereocenters. The van der Waals surface area contributed by atoms with E-state index in [9.17, 15) is 4.79 Å². The monoisotopic (exact) mass is 218 g/mol. The van der Waals surface area contributed by atoms with E-state index in [1.54, 1.807) is 13.0 Å². The van der Waals surface area contributed by atoms with Crippen LogP contribution in [0.5, 0.6) is 5.95 Å². The van der Waals surface area contributed by atoms with Crippen LogP contribution in [0, 0.1) is 0 Å². The molecule has 0 saturated heterocycles. The molecule has 0 saturated carbocycles. The number of esters is 1. The molecule has 3 nitrogen and oxygen atoms in total. The van der Waals surface area contributed by atoms with Crippen LogP contribution in [-0.2, 0) is 4.79 Å². The van der Waals surface area contributed by atoms with Gasteiger partial charge in [-0.25, -0.2) is 0 Å². The second kappa shape index (κ2) is 3.57. The first-order valence-corrected chi connectivity index (χ1v) is 3.97. The molecule has 0 aromatic carbocycles. The van der Waals surface area contributed by atoms with Crippen LogP contribution in [-0.4, -0.2) is 5.97 Å². The molecule has 0 spiro atoms. The van der Waals surface area contributed by atoms with E-state index in [-0.39, 0.29) is 11.9 Å². The largest absolute Gasteiger partial charge is 0.433 e. The Bertz CT molecular complexity index is 254. The third-order valence-electron chi connectivity index (χ3n) is 1.08. The Balaban J connectivity index is 2.64. The van der Waals surface area contributed by atoms with Crippen molar-refractivity contribution >= 4 is 21.9 Å². The van der Waals surface area contributed by atoms with Gasteiger partial charge in [0.25, 0.3) is 0 Å². The minimum absolute atomic E-state index is 0.219. The number of halogens is 1. The Labute approximate surface area is 72.5 Å². The fourth-order valence-corrected chi connectivity index (χ4v) is 0.811. The normalized spacial score (nSPS) is 9.64. The van der Waals surface area contributed by atoms with Crippen LogP contribution in [0.15, 0.2) is 21.2 Å². The predicted octanol–water partition coefficient (Wildman–Crippen LogP) is 2.36. The first-order chi connectivity index (χ1) is 5.24. The highest BCUT2D eigenvalue weighted by Crippen LogP contribution is 2.25. The average molecular weight is 219 g/mol. The summed E-state index contributed by atoms with van der Waals surface area (Å²) in [5.74, 6) is -0.0856. The zero-order valence-electron chi connectivity index (χ0n) is 5.96. The van der Waals surface area contributed by atoms with E-state index < -0.39 is 0 Å². The van der Waals surface area contributed by atoms with Crippen molar-refractivity contribution in [3.63, 3.8) is 0 Å². The van der Waals surface area contributed by atoms with Gasteiger partial charge < -0.3 is 9.15 Å². The second-order valence-electron chi connectivity index (χ2n) is 1.88. The lowest BCUT2D eigenvalue weighted by atomic mass is 10.5. The summed E-state index contributed by atoms with van der Waals surface area (Å²) in [6.07, 6.45) is 1.79. The molecule has 60 valence electrons. The van der Waals surface area contributed by atoms with Gasteiger partial charge in [-0.3, -0.25) is 4.79 Å². The summed E-state index contributed by atoms with van der Waals surface area (Å²) in [5, 5.41) is 0. The van der Waals surface area contributed by atoms with E-state index in [0.29, 0.717) is 10.9 Å². The molecule has 0 radical (unpaired) electrons. The molecule has 1 aromatic rings. The maximum atomic E-state index is 10.7. The molecule has 11 heavy (non-hydrogen) atoms. The number of furan rings is 1. The summed E-state index contributed by atoms with van der Waals surface area (Å²) >= 11 is 3.15. The number of hydrogen-bond donors (Lipinski definition) is 0. The van der Waals surface area contributed by atoms with Crippen molar-refractivity contribution in [1.29, 1.82) is 0 Å². The fraction of sp³-hybridized carbons (Fsp3) is 0.286. The maximum Gasteiger partial charge on any atom is 0.313 e. The minimum atomic E-state index is -0.305. The van der Waals surface area contributed by atoms with Crippen LogP contribution < -0.4 is 4.74 Å². The Hall–Kier alpha value is -0.770. The molecule has 0 atom stereocenters. The van der Waals surface area contributed by atoms with Gasteiger partial charge in [-0.15, -0.1) is 0 Å². The predicted molar refractivity (Wildman–Crippen MR) is 42.3 cm³/mol. The van der Waals surface area contributed by atoms with E-state index in [2.05, 4.69) is 15.9 Å². The van der Waals surface area contributed by atoms with Crippen molar-refractivity contribution in [2.75, 3.05) is 0 Å².